The first-order valence-corrected chi connectivity index (χ1v) is 14.6. The van der Waals surface area contributed by atoms with Gasteiger partial charge in [-0.15, -0.1) is 0 Å². The average Bonchev–Trinajstić information content (AvgIpc) is 3.48. The first kappa shape index (κ1) is 26.4. The summed E-state index contributed by atoms with van der Waals surface area (Å²) in [6.45, 7) is 6.13. The molecule has 2 aliphatic rings. The number of amides is 1. The lowest BCUT2D eigenvalue weighted by atomic mass is 9.74. The topological polar surface area (TPSA) is 58.1 Å². The Hall–Kier alpha value is -3.80. The van der Waals surface area contributed by atoms with E-state index in [9.17, 15) is 9.18 Å². The number of nitrogens with zero attached hydrogens (tertiary/aromatic N) is 3. The molecular formula is C34H37FN4O. The second-order valence-electron chi connectivity index (χ2n) is 11.7. The van der Waals surface area contributed by atoms with Crippen LogP contribution in [0.5, 0.6) is 0 Å². The fourth-order valence-electron chi connectivity index (χ4n) is 6.65. The van der Waals surface area contributed by atoms with E-state index in [1.165, 1.54) is 12.1 Å². The van der Waals surface area contributed by atoms with Crippen LogP contribution in [-0.2, 0) is 5.41 Å². The Morgan fingerprint density at radius 3 is 2.45 bits per heavy atom. The summed E-state index contributed by atoms with van der Waals surface area (Å²) in [4.78, 5) is 26.2. The lowest BCUT2D eigenvalue weighted by Gasteiger charge is -2.34. The number of fused-ring (bicyclic) bond motifs is 1. The predicted molar refractivity (Wildman–Crippen MR) is 158 cm³/mol. The Balaban J connectivity index is 1.41. The summed E-state index contributed by atoms with van der Waals surface area (Å²) in [5.41, 5.74) is 2.90. The molecule has 1 saturated carbocycles. The molecule has 5 nitrogen and oxygen atoms in total. The minimum absolute atomic E-state index is 0.178. The number of piperidine rings is 1. The van der Waals surface area contributed by atoms with Crippen LogP contribution in [0.4, 0.5) is 10.3 Å². The Bertz CT molecular complexity index is 1500. The standard InChI is InChI=1S/C34H37FN4O/c1-23-16-20-39(21-17-23)33-36-22-30(31(38-33)34(18-5-6-19-34)26-12-14-27(35)15-13-26)32(40)37-24(2)28-11-7-9-25-8-3-4-10-29(25)28/h3-4,7-15,22-24H,5-6,16-21H2,1-2H3,(H,37,40)/t24-/m1/s1. The highest BCUT2D eigenvalue weighted by atomic mass is 19.1. The zero-order chi connectivity index (χ0) is 27.7. The van der Waals surface area contributed by atoms with Crippen LogP contribution in [0.1, 0.15) is 85.6 Å². The third-order valence-electron chi connectivity index (χ3n) is 9.03. The maximum atomic E-state index is 14.0. The van der Waals surface area contributed by atoms with Crippen molar-refractivity contribution in [2.45, 2.75) is 63.8 Å². The van der Waals surface area contributed by atoms with Gasteiger partial charge in [-0.2, -0.15) is 0 Å². The molecule has 1 aliphatic carbocycles. The van der Waals surface area contributed by atoms with Crippen molar-refractivity contribution in [2.75, 3.05) is 18.0 Å². The third-order valence-corrected chi connectivity index (χ3v) is 9.03. The van der Waals surface area contributed by atoms with Gasteiger partial charge in [0.2, 0.25) is 5.95 Å². The first-order chi connectivity index (χ1) is 19.4. The van der Waals surface area contributed by atoms with Gasteiger partial charge in [0.15, 0.2) is 0 Å². The van der Waals surface area contributed by atoms with E-state index in [0.29, 0.717) is 17.4 Å². The van der Waals surface area contributed by atoms with Crippen LogP contribution in [0.2, 0.25) is 0 Å². The van der Waals surface area contributed by atoms with Crippen LogP contribution in [0, 0.1) is 11.7 Å². The molecule has 206 valence electrons. The van der Waals surface area contributed by atoms with Crippen LogP contribution in [0.3, 0.4) is 0 Å². The van der Waals surface area contributed by atoms with Gasteiger partial charge in [-0.25, -0.2) is 14.4 Å². The van der Waals surface area contributed by atoms with Crippen molar-refractivity contribution in [3.8, 4) is 0 Å². The quantitative estimate of drug-likeness (QED) is 0.280. The minimum atomic E-state index is -0.455. The molecule has 6 heteroatoms. The second-order valence-corrected chi connectivity index (χ2v) is 11.7. The summed E-state index contributed by atoms with van der Waals surface area (Å²) < 4.78 is 14.0. The minimum Gasteiger partial charge on any atom is -0.345 e. The Morgan fingerprint density at radius 1 is 1.00 bits per heavy atom. The molecule has 0 radical (unpaired) electrons. The largest absolute Gasteiger partial charge is 0.345 e. The van der Waals surface area contributed by atoms with Gasteiger partial charge in [0.1, 0.15) is 5.82 Å². The zero-order valence-corrected chi connectivity index (χ0v) is 23.4. The molecule has 1 N–H and O–H groups in total. The molecule has 0 bridgehead atoms. The number of benzene rings is 3. The maximum absolute atomic E-state index is 14.0. The molecule has 6 rings (SSSR count). The van der Waals surface area contributed by atoms with Crippen LogP contribution in [0.25, 0.3) is 10.8 Å². The van der Waals surface area contributed by atoms with E-state index < -0.39 is 5.41 Å². The monoisotopic (exact) mass is 536 g/mol. The summed E-state index contributed by atoms with van der Waals surface area (Å²) in [5, 5.41) is 5.53. The van der Waals surface area contributed by atoms with Crippen LogP contribution < -0.4 is 10.2 Å². The number of hydrogen-bond acceptors (Lipinski definition) is 4. The van der Waals surface area contributed by atoms with Gasteiger partial charge < -0.3 is 10.2 Å². The summed E-state index contributed by atoms with van der Waals surface area (Å²) in [6.07, 6.45) is 7.73. The number of anilines is 1. The van der Waals surface area contributed by atoms with Gasteiger partial charge in [-0.1, -0.05) is 74.4 Å². The van der Waals surface area contributed by atoms with E-state index in [-0.39, 0.29) is 17.8 Å². The highest BCUT2D eigenvalue weighted by molar-refractivity contribution is 5.96. The van der Waals surface area contributed by atoms with Gasteiger partial charge in [0.05, 0.1) is 17.3 Å². The van der Waals surface area contributed by atoms with Crippen LogP contribution in [0.15, 0.2) is 72.9 Å². The molecule has 0 unspecified atom stereocenters. The van der Waals surface area contributed by atoms with Crippen molar-refractivity contribution in [3.63, 3.8) is 0 Å². The fraction of sp³-hybridized carbons (Fsp3) is 0.382. The van der Waals surface area contributed by atoms with Crippen molar-refractivity contribution < 1.29 is 9.18 Å². The average molecular weight is 537 g/mol. The van der Waals surface area contributed by atoms with Gasteiger partial charge in [0.25, 0.3) is 5.91 Å². The first-order valence-electron chi connectivity index (χ1n) is 14.6. The number of rotatable bonds is 6. The molecule has 3 aromatic carbocycles. The zero-order valence-electron chi connectivity index (χ0n) is 23.4. The van der Waals surface area contributed by atoms with E-state index in [2.05, 4.69) is 41.4 Å². The summed E-state index contributed by atoms with van der Waals surface area (Å²) in [5.74, 6) is 0.942. The number of carbonyl (C=O) groups is 1. The summed E-state index contributed by atoms with van der Waals surface area (Å²) in [7, 11) is 0. The number of carbonyl (C=O) groups excluding carboxylic acids is 1. The van der Waals surface area contributed by atoms with Crippen LogP contribution in [-0.4, -0.2) is 29.0 Å². The lowest BCUT2D eigenvalue weighted by molar-refractivity contribution is 0.0937. The molecular weight excluding hydrogens is 499 g/mol. The van der Waals surface area contributed by atoms with Crippen molar-refractivity contribution >= 4 is 22.6 Å². The molecule has 1 aromatic heterocycles. The van der Waals surface area contributed by atoms with E-state index in [1.807, 2.05) is 37.3 Å². The van der Waals surface area contributed by atoms with E-state index >= 15 is 0 Å². The molecule has 0 spiro atoms. The number of halogens is 1. The fourth-order valence-corrected chi connectivity index (χ4v) is 6.65. The van der Waals surface area contributed by atoms with E-state index in [1.54, 1.807) is 6.20 Å². The van der Waals surface area contributed by atoms with Gasteiger partial charge in [-0.05, 0) is 72.6 Å². The Labute approximate surface area is 235 Å². The highest BCUT2D eigenvalue weighted by Gasteiger charge is 2.42. The molecule has 4 aromatic rings. The van der Waals surface area contributed by atoms with Crippen molar-refractivity contribution in [3.05, 3.63) is 101 Å². The Kier molecular flexibility index (Phi) is 7.26. The van der Waals surface area contributed by atoms with Crippen LogP contribution >= 0.6 is 0 Å². The van der Waals surface area contributed by atoms with Gasteiger partial charge in [-0.3, -0.25) is 4.79 Å². The molecule has 2 fully saturated rings. The van der Waals surface area contributed by atoms with Crippen molar-refractivity contribution in [2.24, 2.45) is 5.92 Å². The van der Waals surface area contributed by atoms with Gasteiger partial charge in [0, 0.05) is 24.7 Å². The summed E-state index contributed by atoms with van der Waals surface area (Å²) >= 11 is 0. The second kappa shape index (κ2) is 11.0. The molecule has 40 heavy (non-hydrogen) atoms. The van der Waals surface area contributed by atoms with Gasteiger partial charge >= 0.3 is 0 Å². The van der Waals surface area contributed by atoms with Crippen molar-refractivity contribution in [1.82, 2.24) is 15.3 Å². The van der Waals surface area contributed by atoms with E-state index in [4.69, 9.17) is 9.97 Å². The molecule has 1 saturated heterocycles. The molecule has 1 amide bonds. The predicted octanol–water partition coefficient (Wildman–Crippen LogP) is 7.36. The number of hydrogen-bond donors (Lipinski definition) is 1. The Morgan fingerprint density at radius 2 is 1.70 bits per heavy atom. The van der Waals surface area contributed by atoms with Crippen molar-refractivity contribution in [1.29, 1.82) is 0 Å². The molecule has 2 heterocycles. The normalized spacial score (nSPS) is 18.1. The third kappa shape index (κ3) is 4.96. The number of aromatic nitrogens is 2. The SMILES string of the molecule is CC1CCN(c2ncc(C(=O)N[C@H](C)c3cccc4ccccc34)c(C3(c4ccc(F)cc4)CCCC3)n2)CC1. The number of nitrogens with one attached hydrogen (secondary N) is 1. The lowest BCUT2D eigenvalue weighted by Crippen LogP contribution is -2.37. The van der Waals surface area contributed by atoms with E-state index in [0.717, 1.165) is 79.2 Å². The smallest absolute Gasteiger partial charge is 0.255 e. The maximum Gasteiger partial charge on any atom is 0.255 e. The summed E-state index contributed by atoms with van der Waals surface area (Å²) in [6, 6.07) is 21.0. The highest BCUT2D eigenvalue weighted by Crippen LogP contribution is 2.47. The molecule has 1 atom stereocenters. The molecule has 1 aliphatic heterocycles.